The van der Waals surface area contributed by atoms with Gasteiger partial charge in [-0.15, -0.1) is 0 Å². The Balaban J connectivity index is -0.0000000362. The molecule has 16 radical (unpaired) electrons. The molecular weight excluding hydrogens is 475 g/mol. The van der Waals surface area contributed by atoms with E-state index in [1.807, 2.05) is 0 Å². The summed E-state index contributed by atoms with van der Waals surface area (Å²) in [6.45, 7) is 38.5. The summed E-state index contributed by atoms with van der Waals surface area (Å²) in [6, 6.07) is 0. The average Bonchev–Trinajstić information content (AvgIpc) is 3.54. The molecule has 0 N–H and O–H groups in total. The molecule has 3 fully saturated rings. The quantitative estimate of drug-likeness (QED) is 0.437. The van der Waals surface area contributed by atoms with Gasteiger partial charge in [0, 0.05) is 72.4 Å². The molecule has 0 aromatic carbocycles. The minimum absolute atomic E-state index is 0. The first kappa shape index (κ1) is 55.6. The van der Waals surface area contributed by atoms with Gasteiger partial charge in [0.05, 0.1) is 0 Å². The van der Waals surface area contributed by atoms with Crippen LogP contribution in [0.1, 0.15) is 38.5 Å². The summed E-state index contributed by atoms with van der Waals surface area (Å²) in [6.07, 6.45) is 15.2. The van der Waals surface area contributed by atoms with Crippen molar-refractivity contribution in [2.75, 3.05) is 39.6 Å². The monoisotopic (exact) mass is 524 g/mol. The van der Waals surface area contributed by atoms with E-state index < -0.39 is 0 Å². The Labute approximate surface area is 262 Å². The fourth-order valence-corrected chi connectivity index (χ4v) is 1.53. The van der Waals surface area contributed by atoms with Crippen LogP contribution in [0.4, 0.5) is 0 Å². The van der Waals surface area contributed by atoms with Crippen LogP contribution in [0.3, 0.4) is 0 Å². The number of hydrogen-bond donors (Lipinski definition) is 0. The molecule has 3 nitrogen and oxygen atoms in total. The van der Waals surface area contributed by atoms with Crippen molar-refractivity contribution in [3.63, 3.8) is 0 Å². The van der Waals surface area contributed by atoms with Crippen LogP contribution in [0.25, 0.3) is 0 Å². The maximum Gasteiger partial charge on any atom is 1.00 e. The van der Waals surface area contributed by atoms with E-state index in [1.165, 1.54) is 70.6 Å². The summed E-state index contributed by atoms with van der Waals surface area (Å²) >= 11 is 0. The Kier molecular flexibility index (Phi) is 129. The topological polar surface area (TPSA) is 27.7 Å². The van der Waals surface area contributed by atoms with Crippen LogP contribution in [0.5, 0.6) is 0 Å². The molecular formula is C27H49Li2O3Y+2. The molecule has 3 aliphatic heterocycles. The summed E-state index contributed by atoms with van der Waals surface area (Å²) in [5.74, 6) is 0. The van der Waals surface area contributed by atoms with Gasteiger partial charge in [-0.1, -0.05) is 0 Å². The minimum atomic E-state index is 0. The summed E-state index contributed by atoms with van der Waals surface area (Å²) in [5, 5.41) is 0. The van der Waals surface area contributed by atoms with Gasteiger partial charge in [-0.3, -0.25) is 0 Å². The molecule has 3 rings (SSSR count). The Hall–Kier alpha value is 2.18. The van der Waals surface area contributed by atoms with Gasteiger partial charge in [0.1, 0.15) is 0 Å². The van der Waals surface area contributed by atoms with Gasteiger partial charge in [-0.05, 0) is 140 Å². The maximum atomic E-state index is 4.94. The number of rotatable bonds is 0. The fourth-order valence-electron chi connectivity index (χ4n) is 1.53. The molecule has 0 aromatic heterocycles. The van der Waals surface area contributed by atoms with Crippen molar-refractivity contribution in [3.05, 3.63) is 101 Å². The predicted octanol–water partition coefficient (Wildman–Crippen LogP) is 0.690. The fraction of sp³-hybridized carbons (Fsp3) is 0.444. The third kappa shape index (κ3) is 120. The largest absolute Gasteiger partial charge is 1.00 e. The molecule has 0 amide bonds. The summed E-state index contributed by atoms with van der Waals surface area (Å²) in [5.41, 5.74) is 0. The molecule has 0 bridgehead atoms. The molecule has 0 aliphatic carbocycles. The van der Waals surface area contributed by atoms with E-state index in [-0.39, 0.29) is 70.4 Å². The Morgan fingerprint density at radius 1 is 0.333 bits per heavy atom. The van der Waals surface area contributed by atoms with Crippen molar-refractivity contribution in [3.8, 4) is 0 Å². The van der Waals surface area contributed by atoms with Crippen LogP contribution in [-0.2, 0) is 46.9 Å². The van der Waals surface area contributed by atoms with Crippen LogP contribution in [0.15, 0.2) is 0 Å². The standard InChI is InChI=1S/3C4H8O.5C3H5.2Li.Y/c3*1-2-4-5-3-1;5*1-3-2;;;/h3*1-4H2;5*3H,1-2H2;;;/q;;;;;;;;2*+1;. The smallest absolute Gasteiger partial charge is 0.381 e. The van der Waals surface area contributed by atoms with Crippen molar-refractivity contribution in [2.45, 2.75) is 38.5 Å². The average molecular weight is 524 g/mol. The second-order valence-corrected chi connectivity index (χ2v) is 5.40. The first-order chi connectivity index (χ1) is 14.6. The molecule has 6 heteroatoms. The Morgan fingerprint density at radius 3 is 0.455 bits per heavy atom. The minimum Gasteiger partial charge on any atom is -0.381 e. The second-order valence-electron chi connectivity index (χ2n) is 5.40. The molecule has 0 spiro atoms. The van der Waals surface area contributed by atoms with E-state index in [1.54, 1.807) is 0 Å². The summed E-state index contributed by atoms with van der Waals surface area (Å²) in [4.78, 5) is 0. The molecule has 0 aromatic rings. The molecule has 3 saturated heterocycles. The second kappa shape index (κ2) is 76.5. The number of hydrogen-bond acceptors (Lipinski definition) is 3. The van der Waals surface area contributed by atoms with E-state index in [4.69, 9.17) is 14.2 Å². The van der Waals surface area contributed by atoms with Gasteiger partial charge in [0.25, 0.3) is 0 Å². The summed E-state index contributed by atoms with van der Waals surface area (Å²) < 4.78 is 14.8. The van der Waals surface area contributed by atoms with Crippen LogP contribution < -0.4 is 37.7 Å². The van der Waals surface area contributed by atoms with E-state index in [9.17, 15) is 0 Å². The SMILES string of the molecule is C1CCOC1.C1CCOC1.C1CCOC1.[CH2][CH][CH2].[CH2][CH][CH2].[CH2][CH][CH2].[CH2][CH][CH2].[CH2][CH][CH2].[Li+].[Li+].[Y]. The van der Waals surface area contributed by atoms with Gasteiger partial charge in [0.15, 0.2) is 0 Å². The predicted molar refractivity (Wildman–Crippen MR) is 135 cm³/mol. The van der Waals surface area contributed by atoms with Crippen LogP contribution >= 0.6 is 0 Å². The molecule has 0 saturated carbocycles. The maximum absolute atomic E-state index is 4.94. The molecule has 0 unspecified atom stereocenters. The molecule has 33 heavy (non-hydrogen) atoms. The molecule has 3 aliphatic rings. The molecule has 0 atom stereocenters. The van der Waals surface area contributed by atoms with Crippen molar-refractivity contribution >= 4 is 0 Å². The third-order valence-corrected chi connectivity index (χ3v) is 2.48. The van der Waals surface area contributed by atoms with E-state index in [0.717, 1.165) is 39.6 Å². The van der Waals surface area contributed by atoms with Crippen molar-refractivity contribution in [2.24, 2.45) is 0 Å². The van der Waals surface area contributed by atoms with Crippen LogP contribution in [-0.4, -0.2) is 39.6 Å². The van der Waals surface area contributed by atoms with E-state index in [2.05, 4.69) is 69.2 Å². The first-order valence-corrected chi connectivity index (χ1v) is 10.3. The van der Waals surface area contributed by atoms with E-state index >= 15 is 0 Å². The Morgan fingerprint density at radius 2 is 0.424 bits per heavy atom. The zero-order valence-corrected chi connectivity index (χ0v) is 25.1. The third-order valence-electron chi connectivity index (χ3n) is 2.48. The molecule has 178 valence electrons. The molecule has 3 heterocycles. The van der Waals surface area contributed by atoms with E-state index in [0.29, 0.717) is 0 Å². The van der Waals surface area contributed by atoms with Crippen LogP contribution in [0, 0.1) is 101 Å². The zero-order valence-electron chi connectivity index (χ0n) is 22.2. The van der Waals surface area contributed by atoms with Crippen LogP contribution in [0.2, 0.25) is 0 Å². The van der Waals surface area contributed by atoms with Gasteiger partial charge in [-0.2, -0.15) is 0 Å². The van der Waals surface area contributed by atoms with Crippen molar-refractivity contribution < 1.29 is 84.6 Å². The van der Waals surface area contributed by atoms with Gasteiger partial charge in [0.2, 0.25) is 0 Å². The van der Waals surface area contributed by atoms with Gasteiger partial charge >= 0.3 is 37.7 Å². The summed E-state index contributed by atoms with van der Waals surface area (Å²) in [7, 11) is 0. The zero-order chi connectivity index (χ0) is 24.1. The van der Waals surface area contributed by atoms with Gasteiger partial charge in [-0.25, -0.2) is 0 Å². The van der Waals surface area contributed by atoms with Crippen molar-refractivity contribution in [1.82, 2.24) is 0 Å². The Bertz CT molecular complexity index is 134. The van der Waals surface area contributed by atoms with Gasteiger partial charge < -0.3 is 14.2 Å². The number of ether oxygens (including phenoxy) is 3. The normalized spacial score (nSPS) is 13.6. The van der Waals surface area contributed by atoms with Crippen molar-refractivity contribution in [1.29, 1.82) is 0 Å². The first-order valence-electron chi connectivity index (χ1n) is 10.3.